The fraction of sp³-hybridized carbons (Fsp3) is 0.562. The quantitative estimate of drug-likeness (QED) is 0.881. The normalized spacial score (nSPS) is 16.2. The van der Waals surface area contributed by atoms with Crippen LogP contribution in [0.5, 0.6) is 0 Å². The minimum Gasteiger partial charge on any atom is -0.395 e. The van der Waals surface area contributed by atoms with E-state index in [0.717, 1.165) is 44.2 Å². The molecule has 1 saturated carbocycles. The molecule has 1 aliphatic carbocycles. The molecule has 2 rings (SSSR count). The Balaban J connectivity index is 2.02. The molecule has 0 atom stereocenters. The van der Waals surface area contributed by atoms with Gasteiger partial charge >= 0.3 is 12.2 Å². The lowest BCUT2D eigenvalue weighted by Gasteiger charge is -2.34. The molecule has 2 N–H and O–H groups in total. The number of halogens is 3. The highest BCUT2D eigenvalue weighted by atomic mass is 19.4. The zero-order chi connectivity index (χ0) is 16.9. The van der Waals surface area contributed by atoms with E-state index < -0.39 is 11.7 Å². The topological polar surface area (TPSA) is 52.6 Å². The van der Waals surface area contributed by atoms with E-state index in [2.05, 4.69) is 5.32 Å². The molecule has 7 heteroatoms. The van der Waals surface area contributed by atoms with Crippen molar-refractivity contribution in [2.75, 3.05) is 18.5 Å². The number of amides is 2. The Morgan fingerprint density at radius 2 is 1.78 bits per heavy atom. The Morgan fingerprint density at radius 1 is 1.17 bits per heavy atom. The first-order chi connectivity index (χ1) is 10.9. The molecule has 2 amide bonds. The zero-order valence-electron chi connectivity index (χ0n) is 12.8. The second-order valence-corrected chi connectivity index (χ2v) is 5.71. The van der Waals surface area contributed by atoms with Crippen molar-refractivity contribution >= 4 is 11.7 Å². The van der Waals surface area contributed by atoms with E-state index in [0.29, 0.717) is 5.69 Å². The van der Waals surface area contributed by atoms with Crippen molar-refractivity contribution in [3.05, 3.63) is 29.8 Å². The van der Waals surface area contributed by atoms with Gasteiger partial charge in [-0.3, -0.25) is 0 Å². The van der Waals surface area contributed by atoms with Gasteiger partial charge in [-0.15, -0.1) is 0 Å². The van der Waals surface area contributed by atoms with E-state index >= 15 is 0 Å². The molecule has 1 fully saturated rings. The largest absolute Gasteiger partial charge is 0.416 e. The van der Waals surface area contributed by atoms with E-state index in [1.165, 1.54) is 12.1 Å². The highest BCUT2D eigenvalue weighted by Gasteiger charge is 2.30. The zero-order valence-corrected chi connectivity index (χ0v) is 12.8. The van der Waals surface area contributed by atoms with Gasteiger partial charge in [0.2, 0.25) is 0 Å². The summed E-state index contributed by atoms with van der Waals surface area (Å²) in [6.07, 6.45) is 0.610. The minimum atomic E-state index is -4.40. The minimum absolute atomic E-state index is 0.0744. The smallest absolute Gasteiger partial charge is 0.395 e. The highest BCUT2D eigenvalue weighted by Crippen LogP contribution is 2.30. The van der Waals surface area contributed by atoms with Gasteiger partial charge in [0.1, 0.15) is 0 Å². The number of rotatable bonds is 4. The monoisotopic (exact) mass is 330 g/mol. The Labute approximate surface area is 133 Å². The summed E-state index contributed by atoms with van der Waals surface area (Å²) in [6, 6.07) is 4.03. The van der Waals surface area contributed by atoms with Gasteiger partial charge in [-0.25, -0.2) is 4.79 Å². The number of carbonyl (C=O) groups is 1. The molecule has 1 aliphatic rings. The average Bonchev–Trinajstić information content (AvgIpc) is 2.53. The molecular formula is C16H21F3N2O2. The first kappa shape index (κ1) is 17.6. The fourth-order valence-corrected chi connectivity index (χ4v) is 2.89. The lowest BCUT2D eigenvalue weighted by Crippen LogP contribution is -2.45. The Morgan fingerprint density at radius 3 is 2.30 bits per heavy atom. The standard InChI is InChI=1S/C16H21F3N2O2/c17-16(18,19)12-6-8-13(9-7-12)20-15(23)21(10-11-22)14-4-2-1-3-5-14/h6-9,14,22H,1-5,10-11H2,(H,20,23). The third-order valence-electron chi connectivity index (χ3n) is 4.08. The second-order valence-electron chi connectivity index (χ2n) is 5.71. The number of carbonyl (C=O) groups excluding carboxylic acids is 1. The van der Waals surface area contributed by atoms with Gasteiger partial charge in [-0.1, -0.05) is 19.3 Å². The van der Waals surface area contributed by atoms with Crippen molar-refractivity contribution in [3.63, 3.8) is 0 Å². The molecule has 0 bridgehead atoms. The summed E-state index contributed by atoms with van der Waals surface area (Å²) in [6.45, 7) is 0.0774. The van der Waals surface area contributed by atoms with Crippen LogP contribution in [-0.2, 0) is 6.18 Å². The number of hydrogen-bond acceptors (Lipinski definition) is 2. The van der Waals surface area contributed by atoms with Crippen molar-refractivity contribution in [3.8, 4) is 0 Å². The summed E-state index contributed by atoms with van der Waals surface area (Å²) < 4.78 is 37.6. The van der Waals surface area contributed by atoms with Gasteiger partial charge < -0.3 is 15.3 Å². The third-order valence-corrected chi connectivity index (χ3v) is 4.08. The Hall–Kier alpha value is -1.76. The Bertz CT molecular complexity index is 511. The molecule has 0 spiro atoms. The van der Waals surface area contributed by atoms with E-state index in [9.17, 15) is 18.0 Å². The first-order valence-corrected chi connectivity index (χ1v) is 7.77. The molecule has 0 heterocycles. The van der Waals surface area contributed by atoms with Crippen LogP contribution >= 0.6 is 0 Å². The average molecular weight is 330 g/mol. The molecule has 0 unspecified atom stereocenters. The molecule has 1 aromatic rings. The van der Waals surface area contributed by atoms with Crippen LogP contribution in [0.1, 0.15) is 37.7 Å². The summed E-state index contributed by atoms with van der Waals surface area (Å²) >= 11 is 0. The number of hydrogen-bond donors (Lipinski definition) is 2. The molecule has 0 aromatic heterocycles. The number of aliphatic hydroxyl groups excluding tert-OH is 1. The van der Waals surface area contributed by atoms with Gasteiger partial charge in [-0.2, -0.15) is 13.2 Å². The van der Waals surface area contributed by atoms with Crippen molar-refractivity contribution in [2.24, 2.45) is 0 Å². The van der Waals surface area contributed by atoms with Crippen molar-refractivity contribution in [1.82, 2.24) is 4.90 Å². The second kappa shape index (κ2) is 7.68. The van der Waals surface area contributed by atoms with Gasteiger partial charge in [0.15, 0.2) is 0 Å². The van der Waals surface area contributed by atoms with Gasteiger partial charge in [0.05, 0.1) is 12.2 Å². The van der Waals surface area contributed by atoms with Crippen LogP contribution in [-0.4, -0.2) is 35.2 Å². The summed E-state index contributed by atoms with van der Waals surface area (Å²) in [4.78, 5) is 13.9. The van der Waals surface area contributed by atoms with E-state index in [1.807, 2.05) is 0 Å². The van der Waals surface area contributed by atoms with Crippen LogP contribution in [0, 0.1) is 0 Å². The van der Waals surface area contributed by atoms with Crippen LogP contribution in [0.2, 0.25) is 0 Å². The lowest BCUT2D eigenvalue weighted by molar-refractivity contribution is -0.137. The summed E-state index contributed by atoms with van der Waals surface area (Å²) in [5.41, 5.74) is -0.447. The van der Waals surface area contributed by atoms with Crippen LogP contribution in [0.4, 0.5) is 23.7 Å². The SMILES string of the molecule is O=C(Nc1ccc(C(F)(F)F)cc1)N(CCO)C1CCCCC1. The first-order valence-electron chi connectivity index (χ1n) is 7.77. The Kier molecular flexibility index (Phi) is 5.87. The van der Waals surface area contributed by atoms with E-state index in [4.69, 9.17) is 5.11 Å². The van der Waals surface area contributed by atoms with Crippen molar-refractivity contribution < 1.29 is 23.1 Å². The number of anilines is 1. The van der Waals surface area contributed by atoms with Crippen molar-refractivity contribution in [2.45, 2.75) is 44.3 Å². The third kappa shape index (κ3) is 4.86. The van der Waals surface area contributed by atoms with E-state index in [1.54, 1.807) is 4.90 Å². The van der Waals surface area contributed by atoms with Crippen LogP contribution in [0.3, 0.4) is 0 Å². The molecule has 0 radical (unpaired) electrons. The molecule has 23 heavy (non-hydrogen) atoms. The van der Waals surface area contributed by atoms with Gasteiger partial charge in [0.25, 0.3) is 0 Å². The highest BCUT2D eigenvalue weighted by molar-refractivity contribution is 5.89. The molecular weight excluding hydrogens is 309 g/mol. The van der Waals surface area contributed by atoms with Gasteiger partial charge in [-0.05, 0) is 37.1 Å². The van der Waals surface area contributed by atoms with E-state index in [-0.39, 0.29) is 25.2 Å². The molecule has 0 saturated heterocycles. The predicted octanol–water partition coefficient (Wildman–Crippen LogP) is 3.86. The summed E-state index contributed by atoms with van der Waals surface area (Å²) in [5, 5.41) is 11.8. The maximum Gasteiger partial charge on any atom is 0.416 e. The molecule has 1 aromatic carbocycles. The molecule has 0 aliphatic heterocycles. The van der Waals surface area contributed by atoms with Crippen LogP contribution < -0.4 is 5.32 Å². The number of benzene rings is 1. The van der Waals surface area contributed by atoms with Crippen molar-refractivity contribution in [1.29, 1.82) is 0 Å². The summed E-state index contributed by atoms with van der Waals surface area (Å²) in [7, 11) is 0. The number of aliphatic hydroxyl groups is 1. The predicted molar refractivity (Wildman–Crippen MR) is 81.1 cm³/mol. The number of urea groups is 1. The van der Waals surface area contributed by atoms with Crippen LogP contribution in [0.15, 0.2) is 24.3 Å². The number of nitrogens with one attached hydrogen (secondary N) is 1. The van der Waals surface area contributed by atoms with Crippen LogP contribution in [0.25, 0.3) is 0 Å². The molecule has 128 valence electrons. The number of alkyl halides is 3. The van der Waals surface area contributed by atoms with Gasteiger partial charge in [0, 0.05) is 18.3 Å². The maximum absolute atomic E-state index is 12.5. The number of nitrogens with zero attached hydrogens (tertiary/aromatic N) is 1. The molecule has 4 nitrogen and oxygen atoms in total. The fourth-order valence-electron chi connectivity index (χ4n) is 2.89. The lowest BCUT2D eigenvalue weighted by atomic mass is 9.94. The maximum atomic E-state index is 12.5. The summed E-state index contributed by atoms with van der Waals surface area (Å²) in [5.74, 6) is 0.